The van der Waals surface area contributed by atoms with Crippen molar-refractivity contribution in [3.63, 3.8) is 0 Å². The Morgan fingerprint density at radius 1 is 1.26 bits per heavy atom. The van der Waals surface area contributed by atoms with Gasteiger partial charge in [0.25, 0.3) is 0 Å². The minimum absolute atomic E-state index is 0.487. The van der Waals surface area contributed by atoms with Gasteiger partial charge in [-0.25, -0.2) is 4.98 Å². The number of rotatable bonds is 6. The molecule has 6 nitrogen and oxygen atoms in total. The van der Waals surface area contributed by atoms with Crippen LogP contribution in [-0.4, -0.2) is 66.9 Å². The molecule has 0 aromatic carbocycles. The smallest absolute Gasteiger partial charge is 0.228 e. The van der Waals surface area contributed by atoms with Crippen LogP contribution in [0.4, 0.5) is 5.95 Å². The third kappa shape index (κ3) is 4.78. The van der Waals surface area contributed by atoms with Crippen LogP contribution in [0.5, 0.6) is 5.88 Å². The highest BCUT2D eigenvalue weighted by Gasteiger charge is 2.20. The zero-order valence-corrected chi connectivity index (χ0v) is 14.1. The van der Waals surface area contributed by atoms with E-state index in [0.717, 1.165) is 58.1 Å². The largest absolute Gasteiger partial charge is 0.478 e. The van der Waals surface area contributed by atoms with E-state index in [-0.39, 0.29) is 0 Å². The average molecular weight is 320 g/mol. The van der Waals surface area contributed by atoms with Crippen molar-refractivity contribution in [2.45, 2.75) is 38.7 Å². The first-order valence-corrected chi connectivity index (χ1v) is 8.90. The van der Waals surface area contributed by atoms with Crippen LogP contribution >= 0.6 is 0 Å². The van der Waals surface area contributed by atoms with E-state index in [1.807, 2.05) is 13.0 Å². The Labute approximate surface area is 138 Å². The second kappa shape index (κ2) is 8.45. The quantitative estimate of drug-likeness (QED) is 0.798. The Kier molecular flexibility index (Phi) is 6.05. The highest BCUT2D eigenvalue weighted by Crippen LogP contribution is 2.18. The summed E-state index contributed by atoms with van der Waals surface area (Å²) in [6.07, 6.45) is 7.04. The monoisotopic (exact) mass is 320 g/mol. The first-order chi connectivity index (χ1) is 11.3. The molecule has 0 saturated carbocycles. The summed E-state index contributed by atoms with van der Waals surface area (Å²) in [6.45, 7) is 8.88. The molecule has 0 aliphatic carbocycles. The summed E-state index contributed by atoms with van der Waals surface area (Å²) in [4.78, 5) is 13.8. The lowest BCUT2D eigenvalue weighted by Gasteiger charge is -2.23. The number of hydrogen-bond acceptors (Lipinski definition) is 6. The Bertz CT molecular complexity index is 479. The summed E-state index contributed by atoms with van der Waals surface area (Å²) < 4.78 is 11.2. The number of anilines is 1. The summed E-state index contributed by atoms with van der Waals surface area (Å²) in [5.74, 6) is 1.45. The topological polar surface area (TPSA) is 50.7 Å². The number of ether oxygens (including phenoxy) is 2. The Morgan fingerprint density at radius 3 is 3.04 bits per heavy atom. The van der Waals surface area contributed by atoms with E-state index < -0.39 is 0 Å². The van der Waals surface area contributed by atoms with Crippen molar-refractivity contribution >= 4 is 5.95 Å². The molecule has 128 valence electrons. The predicted molar refractivity (Wildman–Crippen MR) is 90.1 cm³/mol. The third-order valence-corrected chi connectivity index (χ3v) is 4.57. The van der Waals surface area contributed by atoms with Gasteiger partial charge < -0.3 is 19.3 Å². The van der Waals surface area contributed by atoms with Gasteiger partial charge >= 0.3 is 0 Å². The van der Waals surface area contributed by atoms with Crippen LogP contribution in [0.1, 0.15) is 32.6 Å². The summed E-state index contributed by atoms with van der Waals surface area (Å²) in [6, 6.07) is 1.82. The normalized spacial score (nSPS) is 23.0. The lowest BCUT2D eigenvalue weighted by Crippen LogP contribution is -2.33. The maximum Gasteiger partial charge on any atom is 0.228 e. The molecule has 1 unspecified atom stereocenters. The fourth-order valence-corrected chi connectivity index (χ4v) is 3.31. The molecule has 1 aromatic rings. The minimum atomic E-state index is 0.487. The molecular weight excluding hydrogens is 292 g/mol. The second-order valence-corrected chi connectivity index (χ2v) is 6.23. The SMILES string of the molecule is CCOc1ccnc(N2CCCN(CCC3CCCO3)CC2)n1. The van der Waals surface area contributed by atoms with Crippen molar-refractivity contribution in [2.24, 2.45) is 0 Å². The fourth-order valence-electron chi connectivity index (χ4n) is 3.31. The summed E-state index contributed by atoms with van der Waals surface area (Å²) in [5, 5.41) is 0. The Balaban J connectivity index is 1.50. The van der Waals surface area contributed by atoms with E-state index >= 15 is 0 Å². The minimum Gasteiger partial charge on any atom is -0.478 e. The molecule has 3 heterocycles. The molecule has 23 heavy (non-hydrogen) atoms. The molecule has 0 N–H and O–H groups in total. The number of hydrogen-bond donors (Lipinski definition) is 0. The molecular formula is C17H28N4O2. The molecule has 0 bridgehead atoms. The molecule has 0 amide bonds. The highest BCUT2D eigenvalue weighted by atomic mass is 16.5. The summed E-state index contributed by atoms with van der Waals surface area (Å²) in [5.41, 5.74) is 0. The lowest BCUT2D eigenvalue weighted by atomic mass is 10.2. The van der Waals surface area contributed by atoms with Gasteiger partial charge in [-0.1, -0.05) is 0 Å². The molecule has 2 fully saturated rings. The lowest BCUT2D eigenvalue weighted by molar-refractivity contribution is 0.0929. The van der Waals surface area contributed by atoms with Crippen LogP contribution in [0.2, 0.25) is 0 Å². The molecule has 1 atom stereocenters. The van der Waals surface area contributed by atoms with Gasteiger partial charge in [0.1, 0.15) is 0 Å². The molecule has 0 spiro atoms. The van der Waals surface area contributed by atoms with E-state index in [2.05, 4.69) is 19.8 Å². The molecule has 2 saturated heterocycles. The van der Waals surface area contributed by atoms with Gasteiger partial charge in [-0.2, -0.15) is 4.98 Å². The van der Waals surface area contributed by atoms with Gasteiger partial charge in [0, 0.05) is 45.0 Å². The second-order valence-electron chi connectivity index (χ2n) is 6.23. The van der Waals surface area contributed by atoms with Crippen LogP contribution in [0.25, 0.3) is 0 Å². The van der Waals surface area contributed by atoms with E-state index in [4.69, 9.17) is 9.47 Å². The first-order valence-electron chi connectivity index (χ1n) is 8.90. The van der Waals surface area contributed by atoms with E-state index in [1.165, 1.54) is 12.8 Å². The third-order valence-electron chi connectivity index (χ3n) is 4.57. The van der Waals surface area contributed by atoms with Crippen LogP contribution in [0.15, 0.2) is 12.3 Å². The molecule has 6 heteroatoms. The van der Waals surface area contributed by atoms with Crippen LogP contribution in [-0.2, 0) is 4.74 Å². The van der Waals surface area contributed by atoms with E-state index in [9.17, 15) is 0 Å². The molecule has 1 aromatic heterocycles. The van der Waals surface area contributed by atoms with Gasteiger partial charge in [-0.05, 0) is 39.2 Å². The average Bonchev–Trinajstić information content (AvgIpc) is 2.98. The van der Waals surface area contributed by atoms with Crippen molar-refractivity contribution in [3.8, 4) is 5.88 Å². The van der Waals surface area contributed by atoms with E-state index in [0.29, 0.717) is 18.6 Å². The molecule has 3 rings (SSSR count). The van der Waals surface area contributed by atoms with Gasteiger partial charge in [-0.15, -0.1) is 0 Å². The van der Waals surface area contributed by atoms with Crippen molar-refractivity contribution in [2.75, 3.05) is 50.8 Å². The fraction of sp³-hybridized carbons (Fsp3) is 0.765. The van der Waals surface area contributed by atoms with Gasteiger partial charge in [0.05, 0.1) is 12.7 Å². The first kappa shape index (κ1) is 16.5. The number of aromatic nitrogens is 2. The highest BCUT2D eigenvalue weighted by molar-refractivity contribution is 5.32. The van der Waals surface area contributed by atoms with Crippen LogP contribution in [0, 0.1) is 0 Å². The van der Waals surface area contributed by atoms with E-state index in [1.54, 1.807) is 6.20 Å². The maximum atomic E-state index is 5.73. The van der Waals surface area contributed by atoms with Crippen LogP contribution in [0.3, 0.4) is 0 Å². The Hall–Kier alpha value is -1.40. The molecule has 2 aliphatic heterocycles. The van der Waals surface area contributed by atoms with Gasteiger partial charge in [0.15, 0.2) is 0 Å². The van der Waals surface area contributed by atoms with Crippen molar-refractivity contribution in [3.05, 3.63) is 12.3 Å². The van der Waals surface area contributed by atoms with Gasteiger partial charge in [0.2, 0.25) is 11.8 Å². The zero-order valence-electron chi connectivity index (χ0n) is 14.1. The zero-order chi connectivity index (χ0) is 15.9. The predicted octanol–water partition coefficient (Wildman–Crippen LogP) is 1.96. The number of nitrogens with zero attached hydrogens (tertiary/aromatic N) is 4. The van der Waals surface area contributed by atoms with Gasteiger partial charge in [-0.3, -0.25) is 0 Å². The standard InChI is InChI=1S/C17H28N4O2/c1-2-22-16-6-8-18-17(19-16)21-10-4-9-20(12-13-21)11-7-15-5-3-14-23-15/h6,8,15H,2-5,7,9-14H2,1H3. The van der Waals surface area contributed by atoms with Crippen molar-refractivity contribution in [1.29, 1.82) is 0 Å². The van der Waals surface area contributed by atoms with Crippen molar-refractivity contribution < 1.29 is 9.47 Å². The Morgan fingerprint density at radius 2 is 2.22 bits per heavy atom. The maximum absolute atomic E-state index is 5.73. The summed E-state index contributed by atoms with van der Waals surface area (Å²) >= 11 is 0. The molecule has 0 radical (unpaired) electrons. The summed E-state index contributed by atoms with van der Waals surface area (Å²) in [7, 11) is 0. The molecule has 2 aliphatic rings. The van der Waals surface area contributed by atoms with Crippen LogP contribution < -0.4 is 9.64 Å². The van der Waals surface area contributed by atoms with Crippen molar-refractivity contribution in [1.82, 2.24) is 14.9 Å².